The fourth-order valence-corrected chi connectivity index (χ4v) is 4.30. The molecule has 0 aliphatic carbocycles. The van der Waals surface area contributed by atoms with Gasteiger partial charge in [0.25, 0.3) is 5.92 Å². The molecule has 0 radical (unpaired) electrons. The highest BCUT2D eigenvalue weighted by Crippen LogP contribution is 2.38. The number of nitrogens with zero attached hydrogens (tertiary/aromatic N) is 1. The Kier molecular flexibility index (Phi) is 5.32. The summed E-state index contributed by atoms with van der Waals surface area (Å²) in [5.74, 6) is -4.69. The average Bonchev–Trinajstić information content (AvgIpc) is 2.68. The molecule has 2 aromatic carbocycles. The Morgan fingerprint density at radius 2 is 1.80 bits per heavy atom. The highest BCUT2D eigenvalue weighted by atomic mass is 35.5. The van der Waals surface area contributed by atoms with Crippen molar-refractivity contribution in [1.82, 2.24) is 5.32 Å². The van der Waals surface area contributed by atoms with Gasteiger partial charge in [-0.3, -0.25) is 19.7 Å². The molecule has 2 saturated heterocycles. The highest BCUT2D eigenvalue weighted by Gasteiger charge is 2.39. The number of carbonyl (C=O) groups is 3. The predicted molar refractivity (Wildman–Crippen MR) is 109 cm³/mol. The van der Waals surface area contributed by atoms with Crippen molar-refractivity contribution in [3.05, 3.63) is 53.1 Å². The number of hydrogen-bond acceptors (Lipinski definition) is 3. The lowest BCUT2D eigenvalue weighted by Crippen LogP contribution is -2.43. The second-order valence-corrected chi connectivity index (χ2v) is 7.97. The average molecular weight is 433 g/mol. The molecule has 156 valence electrons. The van der Waals surface area contributed by atoms with Crippen LogP contribution in [0.5, 0.6) is 0 Å². The molecule has 1 atom stereocenters. The summed E-state index contributed by atoms with van der Waals surface area (Å²) in [6, 6.07) is 12.3. The fraction of sp³-hybridized carbons (Fsp3) is 0.318. The zero-order valence-corrected chi connectivity index (χ0v) is 16.7. The Morgan fingerprint density at radius 1 is 1.07 bits per heavy atom. The van der Waals surface area contributed by atoms with Gasteiger partial charge < -0.3 is 4.90 Å². The van der Waals surface area contributed by atoms with Crippen LogP contribution < -0.4 is 10.2 Å². The topological polar surface area (TPSA) is 66.5 Å². The van der Waals surface area contributed by atoms with Crippen molar-refractivity contribution in [2.75, 3.05) is 11.4 Å². The van der Waals surface area contributed by atoms with Crippen molar-refractivity contribution in [2.45, 2.75) is 37.5 Å². The van der Waals surface area contributed by atoms with Gasteiger partial charge >= 0.3 is 0 Å². The summed E-state index contributed by atoms with van der Waals surface area (Å²) in [6.07, 6.45) is -0.488. The zero-order valence-electron chi connectivity index (χ0n) is 16.0. The summed E-state index contributed by atoms with van der Waals surface area (Å²) in [4.78, 5) is 37.1. The van der Waals surface area contributed by atoms with E-state index in [0.717, 1.165) is 5.56 Å². The largest absolute Gasteiger partial charge is 0.312 e. The maximum Gasteiger partial charge on any atom is 0.258 e. The maximum absolute atomic E-state index is 13.4. The molecule has 0 saturated carbocycles. The molecule has 2 fully saturated rings. The van der Waals surface area contributed by atoms with E-state index >= 15 is 0 Å². The second kappa shape index (κ2) is 7.80. The quantitative estimate of drug-likeness (QED) is 0.736. The third-order valence-electron chi connectivity index (χ3n) is 5.55. The SMILES string of the molecule is O=C1CCC(c2cccc(-c3ccc(N4CCC(F)(F)CC4=O)cc3)c2Cl)C(=O)N1. The summed E-state index contributed by atoms with van der Waals surface area (Å²) < 4.78 is 26.8. The maximum atomic E-state index is 13.4. The molecule has 2 heterocycles. The standard InChI is InChI=1S/C22H19ClF2N2O3/c23-20-15(2-1-3-16(20)17-8-9-18(28)26-21(17)30)13-4-6-14(7-5-13)27-11-10-22(24,25)12-19(27)29/h1-7,17H,8-12H2,(H,26,28,30). The van der Waals surface area contributed by atoms with Crippen molar-refractivity contribution in [3.8, 4) is 11.1 Å². The van der Waals surface area contributed by atoms with E-state index in [1.807, 2.05) is 6.07 Å². The Morgan fingerprint density at radius 3 is 2.47 bits per heavy atom. The monoisotopic (exact) mass is 432 g/mol. The van der Waals surface area contributed by atoms with Gasteiger partial charge in [0.1, 0.15) is 0 Å². The minimum atomic E-state index is -2.95. The summed E-state index contributed by atoms with van der Waals surface area (Å²) in [5, 5.41) is 2.77. The molecular weight excluding hydrogens is 414 g/mol. The molecule has 2 aliphatic rings. The molecule has 0 aromatic heterocycles. The Hall–Kier alpha value is -2.80. The Labute approximate surface area is 177 Å². The van der Waals surface area contributed by atoms with Crippen LogP contribution in [0.2, 0.25) is 5.02 Å². The molecule has 8 heteroatoms. The van der Waals surface area contributed by atoms with Crippen molar-refractivity contribution in [1.29, 1.82) is 0 Å². The number of rotatable bonds is 3. The zero-order chi connectivity index (χ0) is 21.5. The Balaban J connectivity index is 1.59. The first kappa shape index (κ1) is 20.5. The first-order valence-electron chi connectivity index (χ1n) is 9.66. The number of amides is 3. The van der Waals surface area contributed by atoms with Crippen molar-refractivity contribution in [2.24, 2.45) is 0 Å². The van der Waals surface area contributed by atoms with Crippen LogP contribution in [-0.2, 0) is 14.4 Å². The number of anilines is 1. The number of carbonyl (C=O) groups excluding carboxylic acids is 3. The number of benzene rings is 2. The smallest absolute Gasteiger partial charge is 0.258 e. The first-order chi connectivity index (χ1) is 14.2. The van der Waals surface area contributed by atoms with Gasteiger partial charge in [-0.15, -0.1) is 0 Å². The van der Waals surface area contributed by atoms with Crippen LogP contribution >= 0.6 is 11.6 Å². The molecule has 5 nitrogen and oxygen atoms in total. The van der Waals surface area contributed by atoms with E-state index in [1.54, 1.807) is 36.4 Å². The van der Waals surface area contributed by atoms with Gasteiger partial charge in [0.05, 0.1) is 17.4 Å². The first-order valence-corrected chi connectivity index (χ1v) is 10.0. The summed E-state index contributed by atoms with van der Waals surface area (Å²) >= 11 is 6.61. The predicted octanol–water partition coefficient (Wildman–Crippen LogP) is 4.29. The molecule has 3 amide bonds. The van der Waals surface area contributed by atoms with E-state index in [1.165, 1.54) is 4.90 Å². The number of imide groups is 1. The van der Waals surface area contributed by atoms with Crippen molar-refractivity contribution >= 4 is 35.0 Å². The second-order valence-electron chi connectivity index (χ2n) is 7.59. The lowest BCUT2D eigenvalue weighted by Gasteiger charge is -2.31. The van der Waals surface area contributed by atoms with E-state index in [4.69, 9.17) is 11.6 Å². The van der Waals surface area contributed by atoms with E-state index in [-0.39, 0.29) is 31.2 Å². The van der Waals surface area contributed by atoms with Crippen LogP contribution in [0.4, 0.5) is 14.5 Å². The summed E-state index contributed by atoms with van der Waals surface area (Å²) in [7, 11) is 0. The summed E-state index contributed by atoms with van der Waals surface area (Å²) in [5.41, 5.74) is 2.68. The van der Waals surface area contributed by atoms with Crippen LogP contribution in [0.15, 0.2) is 42.5 Å². The summed E-state index contributed by atoms with van der Waals surface area (Å²) in [6.45, 7) is -0.0308. The number of halogens is 3. The third-order valence-corrected chi connectivity index (χ3v) is 5.97. The highest BCUT2D eigenvalue weighted by molar-refractivity contribution is 6.34. The number of alkyl halides is 2. The molecule has 30 heavy (non-hydrogen) atoms. The van der Waals surface area contributed by atoms with Crippen LogP contribution in [0.3, 0.4) is 0 Å². The van der Waals surface area contributed by atoms with Gasteiger partial charge in [-0.25, -0.2) is 8.78 Å². The molecule has 4 rings (SSSR count). The number of nitrogens with one attached hydrogen (secondary N) is 1. The normalized spacial score (nSPS) is 21.5. The number of piperidine rings is 2. The van der Waals surface area contributed by atoms with Crippen molar-refractivity contribution < 1.29 is 23.2 Å². The van der Waals surface area contributed by atoms with E-state index < -0.39 is 24.2 Å². The minimum absolute atomic E-state index is 0.0308. The van der Waals surface area contributed by atoms with E-state index in [2.05, 4.69) is 5.32 Å². The molecule has 2 aliphatic heterocycles. The Bertz CT molecular complexity index is 1020. The van der Waals surface area contributed by atoms with E-state index in [9.17, 15) is 23.2 Å². The lowest BCUT2D eigenvalue weighted by molar-refractivity contribution is -0.134. The molecule has 1 N–H and O–H groups in total. The van der Waals surface area contributed by atoms with Crippen LogP contribution in [-0.4, -0.2) is 30.2 Å². The van der Waals surface area contributed by atoms with Gasteiger partial charge in [-0.1, -0.05) is 41.9 Å². The fourth-order valence-electron chi connectivity index (χ4n) is 3.93. The molecule has 0 bridgehead atoms. The van der Waals surface area contributed by atoms with Crippen LogP contribution in [0.25, 0.3) is 11.1 Å². The lowest BCUT2D eigenvalue weighted by atomic mass is 9.88. The molecule has 0 spiro atoms. The van der Waals surface area contributed by atoms with Gasteiger partial charge in [0, 0.05) is 30.6 Å². The van der Waals surface area contributed by atoms with Crippen LogP contribution in [0.1, 0.15) is 37.2 Å². The van der Waals surface area contributed by atoms with E-state index in [0.29, 0.717) is 28.3 Å². The minimum Gasteiger partial charge on any atom is -0.312 e. The molecular formula is C22H19ClF2N2O3. The number of hydrogen-bond donors (Lipinski definition) is 1. The molecule has 1 unspecified atom stereocenters. The van der Waals surface area contributed by atoms with Gasteiger partial charge in [-0.2, -0.15) is 0 Å². The van der Waals surface area contributed by atoms with Crippen LogP contribution in [0, 0.1) is 0 Å². The van der Waals surface area contributed by atoms with Gasteiger partial charge in [-0.05, 0) is 29.7 Å². The third kappa shape index (κ3) is 3.94. The molecule has 2 aromatic rings. The van der Waals surface area contributed by atoms with Gasteiger partial charge in [0.15, 0.2) is 0 Å². The van der Waals surface area contributed by atoms with Gasteiger partial charge in [0.2, 0.25) is 17.7 Å². The van der Waals surface area contributed by atoms with Crippen molar-refractivity contribution in [3.63, 3.8) is 0 Å².